The molecule has 14 heteroatoms. The standard InChI is InChI=1S/C32H38Cl2N6O6/c1-43-27-10-6-21(28(44-2)29(27)45-3)19-40-14-12-39(13-15-40)11-4-16-46-26-9-5-20(30(41)38-32(35)36)17-25(26)37-31(42)23-8-7-22(33)18-24(23)34/h5-10,17-18H,4,11-16,19H2,1-3H3,(H,37,42)(H4,35,36,38,41). The fourth-order valence-electron chi connectivity index (χ4n) is 5.10. The molecule has 1 heterocycles. The van der Waals surface area contributed by atoms with Gasteiger partial charge in [0, 0.05) is 55.4 Å². The molecule has 0 spiro atoms. The Kier molecular flexibility index (Phi) is 12.3. The Labute approximate surface area is 278 Å². The summed E-state index contributed by atoms with van der Waals surface area (Å²) in [6.07, 6.45) is 0.745. The first kappa shape index (κ1) is 34.6. The quantitative estimate of drug-likeness (QED) is 0.136. The molecule has 2 amide bonds. The maximum Gasteiger partial charge on any atom is 0.280 e. The Bertz CT molecular complexity index is 1570. The monoisotopic (exact) mass is 672 g/mol. The van der Waals surface area contributed by atoms with Crippen LogP contribution in [0.5, 0.6) is 23.0 Å². The second-order valence-corrected chi connectivity index (χ2v) is 11.3. The van der Waals surface area contributed by atoms with Crippen molar-refractivity contribution in [3.05, 3.63) is 75.3 Å². The number of nitrogens with two attached hydrogens (primary N) is 2. The van der Waals surface area contributed by atoms with Crippen LogP contribution in [0.4, 0.5) is 5.69 Å². The summed E-state index contributed by atoms with van der Waals surface area (Å²) in [6.45, 7) is 5.55. The maximum absolute atomic E-state index is 13.1. The molecule has 1 saturated heterocycles. The van der Waals surface area contributed by atoms with E-state index in [0.29, 0.717) is 34.6 Å². The Balaban J connectivity index is 1.33. The molecule has 0 saturated carbocycles. The van der Waals surface area contributed by atoms with Crippen LogP contribution >= 0.6 is 23.2 Å². The highest BCUT2D eigenvalue weighted by Gasteiger charge is 2.22. The summed E-state index contributed by atoms with van der Waals surface area (Å²) in [4.78, 5) is 33.8. The van der Waals surface area contributed by atoms with Gasteiger partial charge in [0.05, 0.1) is 44.2 Å². The number of hydrogen-bond donors (Lipinski definition) is 3. The van der Waals surface area contributed by atoms with E-state index in [1.165, 1.54) is 24.3 Å². The van der Waals surface area contributed by atoms with E-state index in [4.69, 9.17) is 53.6 Å². The van der Waals surface area contributed by atoms with Crippen molar-refractivity contribution >= 4 is 46.7 Å². The molecule has 46 heavy (non-hydrogen) atoms. The summed E-state index contributed by atoms with van der Waals surface area (Å²) in [5.74, 6) is 0.760. The number of carbonyl (C=O) groups excluding carboxylic acids is 2. The van der Waals surface area contributed by atoms with Gasteiger partial charge in [-0.05, 0) is 48.9 Å². The summed E-state index contributed by atoms with van der Waals surface area (Å²) in [6, 6.07) is 13.0. The fraction of sp³-hybridized carbons (Fsp3) is 0.344. The highest BCUT2D eigenvalue weighted by Crippen LogP contribution is 2.40. The molecule has 0 radical (unpaired) electrons. The van der Waals surface area contributed by atoms with Gasteiger partial charge in [0.2, 0.25) is 5.75 Å². The second-order valence-electron chi connectivity index (χ2n) is 10.4. The number of hydrogen-bond acceptors (Lipinski definition) is 8. The number of ether oxygens (including phenoxy) is 4. The molecule has 12 nitrogen and oxygen atoms in total. The number of aliphatic imine (C=N–C) groups is 1. The lowest BCUT2D eigenvalue weighted by atomic mass is 10.1. The van der Waals surface area contributed by atoms with Crippen molar-refractivity contribution in [1.82, 2.24) is 9.80 Å². The highest BCUT2D eigenvalue weighted by molar-refractivity contribution is 6.37. The zero-order valence-corrected chi connectivity index (χ0v) is 27.5. The van der Waals surface area contributed by atoms with E-state index in [2.05, 4.69) is 20.1 Å². The molecular formula is C32H38Cl2N6O6. The number of rotatable bonds is 13. The summed E-state index contributed by atoms with van der Waals surface area (Å²) >= 11 is 12.2. The van der Waals surface area contributed by atoms with Crippen molar-refractivity contribution < 1.29 is 28.5 Å². The van der Waals surface area contributed by atoms with Gasteiger partial charge in [-0.15, -0.1) is 0 Å². The van der Waals surface area contributed by atoms with E-state index in [1.807, 2.05) is 12.1 Å². The Hall–Kier alpha value is -4.23. The first-order valence-corrected chi connectivity index (χ1v) is 15.3. The molecule has 3 aromatic rings. The van der Waals surface area contributed by atoms with Crippen LogP contribution in [-0.2, 0) is 6.54 Å². The first-order valence-electron chi connectivity index (χ1n) is 14.5. The van der Waals surface area contributed by atoms with Crippen molar-refractivity contribution in [3.63, 3.8) is 0 Å². The Morgan fingerprint density at radius 2 is 1.57 bits per heavy atom. The third-order valence-electron chi connectivity index (χ3n) is 7.40. The average molecular weight is 674 g/mol. The van der Waals surface area contributed by atoms with Gasteiger partial charge in [-0.1, -0.05) is 29.3 Å². The smallest absolute Gasteiger partial charge is 0.280 e. The first-order chi connectivity index (χ1) is 22.1. The van der Waals surface area contributed by atoms with E-state index >= 15 is 0 Å². The van der Waals surface area contributed by atoms with E-state index in [1.54, 1.807) is 33.5 Å². The minimum Gasteiger partial charge on any atom is -0.493 e. The van der Waals surface area contributed by atoms with Crippen molar-refractivity contribution in [1.29, 1.82) is 0 Å². The lowest BCUT2D eigenvalue weighted by molar-refractivity contribution is 0.0998. The Morgan fingerprint density at radius 1 is 0.870 bits per heavy atom. The molecule has 5 N–H and O–H groups in total. The van der Waals surface area contributed by atoms with Crippen molar-refractivity contribution in [2.45, 2.75) is 13.0 Å². The van der Waals surface area contributed by atoms with Gasteiger partial charge in [0.1, 0.15) is 5.75 Å². The lowest BCUT2D eigenvalue weighted by Gasteiger charge is -2.35. The number of halogens is 2. The molecular weight excluding hydrogens is 635 g/mol. The number of nitrogens with zero attached hydrogens (tertiary/aromatic N) is 3. The molecule has 246 valence electrons. The molecule has 0 aromatic heterocycles. The number of nitrogens with one attached hydrogen (secondary N) is 1. The van der Waals surface area contributed by atoms with E-state index in [9.17, 15) is 9.59 Å². The number of anilines is 1. The van der Waals surface area contributed by atoms with Gasteiger partial charge < -0.3 is 40.6 Å². The van der Waals surface area contributed by atoms with E-state index < -0.39 is 11.8 Å². The summed E-state index contributed by atoms with van der Waals surface area (Å²) in [7, 11) is 4.84. The van der Waals surface area contributed by atoms with Gasteiger partial charge in [-0.25, -0.2) is 0 Å². The minimum absolute atomic E-state index is 0.168. The van der Waals surface area contributed by atoms with Gasteiger partial charge in [0.25, 0.3) is 11.8 Å². The number of methoxy groups -OCH3 is 3. The molecule has 0 aliphatic carbocycles. The lowest BCUT2D eigenvalue weighted by Crippen LogP contribution is -2.46. The van der Waals surface area contributed by atoms with Gasteiger partial charge in [-0.2, -0.15) is 4.99 Å². The van der Waals surface area contributed by atoms with Crippen LogP contribution in [0.2, 0.25) is 10.0 Å². The van der Waals surface area contributed by atoms with E-state index in [-0.39, 0.29) is 27.8 Å². The fourth-order valence-corrected chi connectivity index (χ4v) is 5.60. The van der Waals surface area contributed by atoms with Gasteiger partial charge in [-0.3, -0.25) is 14.5 Å². The molecule has 0 atom stereocenters. The summed E-state index contributed by atoms with van der Waals surface area (Å²) in [5.41, 5.74) is 12.4. The van der Waals surface area contributed by atoms with E-state index in [0.717, 1.165) is 51.3 Å². The Morgan fingerprint density at radius 3 is 2.22 bits per heavy atom. The molecule has 0 unspecified atom stereocenters. The number of carbonyl (C=O) groups is 2. The minimum atomic E-state index is -0.657. The topological polar surface area (TPSA) is 154 Å². The number of guanidine groups is 1. The molecule has 0 bridgehead atoms. The largest absolute Gasteiger partial charge is 0.493 e. The van der Waals surface area contributed by atoms with Crippen LogP contribution in [0.25, 0.3) is 0 Å². The zero-order valence-electron chi connectivity index (χ0n) is 26.0. The van der Waals surface area contributed by atoms with Crippen LogP contribution in [0.15, 0.2) is 53.5 Å². The zero-order chi connectivity index (χ0) is 33.2. The molecule has 1 aliphatic heterocycles. The van der Waals surface area contributed by atoms with Crippen LogP contribution < -0.4 is 35.7 Å². The number of benzene rings is 3. The molecule has 3 aromatic carbocycles. The normalized spacial score (nSPS) is 13.5. The van der Waals surface area contributed by atoms with Crippen molar-refractivity contribution in [2.75, 3.05) is 66.0 Å². The average Bonchev–Trinajstić information content (AvgIpc) is 3.03. The second kappa shape index (κ2) is 16.4. The third kappa shape index (κ3) is 8.94. The predicted octanol–water partition coefficient (Wildman–Crippen LogP) is 4.27. The highest BCUT2D eigenvalue weighted by atomic mass is 35.5. The molecule has 1 aliphatic rings. The van der Waals surface area contributed by atoms with Crippen LogP contribution in [-0.4, -0.2) is 88.2 Å². The van der Waals surface area contributed by atoms with Crippen LogP contribution in [0.3, 0.4) is 0 Å². The maximum atomic E-state index is 13.1. The van der Waals surface area contributed by atoms with Gasteiger partial charge in [0.15, 0.2) is 17.5 Å². The SMILES string of the molecule is COc1ccc(CN2CCN(CCCOc3ccc(C(=O)N=C(N)N)cc3NC(=O)c3ccc(Cl)cc3Cl)CC2)c(OC)c1OC. The van der Waals surface area contributed by atoms with Crippen molar-refractivity contribution in [2.24, 2.45) is 16.5 Å². The van der Waals surface area contributed by atoms with Gasteiger partial charge >= 0.3 is 0 Å². The number of piperazine rings is 1. The molecule has 1 fully saturated rings. The third-order valence-corrected chi connectivity index (χ3v) is 7.95. The summed E-state index contributed by atoms with van der Waals surface area (Å²) in [5, 5.41) is 3.36. The molecule has 4 rings (SSSR count). The summed E-state index contributed by atoms with van der Waals surface area (Å²) < 4.78 is 22.6. The van der Waals surface area contributed by atoms with Crippen LogP contribution in [0.1, 0.15) is 32.7 Å². The van der Waals surface area contributed by atoms with Crippen molar-refractivity contribution in [3.8, 4) is 23.0 Å². The predicted molar refractivity (Wildman–Crippen MR) is 179 cm³/mol. The number of amides is 2. The van der Waals surface area contributed by atoms with Crippen LogP contribution in [0, 0.1) is 0 Å².